The molecule has 1 amide bonds. The zero-order chi connectivity index (χ0) is 21.6. The predicted octanol–water partition coefficient (Wildman–Crippen LogP) is 3.75. The molecule has 1 aliphatic heterocycles. The highest BCUT2D eigenvalue weighted by molar-refractivity contribution is 5.99. The van der Waals surface area contributed by atoms with Gasteiger partial charge in [0.05, 0.1) is 23.7 Å². The fourth-order valence-electron chi connectivity index (χ4n) is 3.48. The fourth-order valence-corrected chi connectivity index (χ4v) is 3.48. The minimum absolute atomic E-state index is 0.0470. The van der Waals surface area contributed by atoms with Gasteiger partial charge in [0, 0.05) is 31.9 Å². The monoisotopic (exact) mass is 420 g/mol. The molecule has 0 aliphatic carbocycles. The molecule has 0 spiro atoms. The molecular formula is C19H19F3N6O2. The average Bonchev–Trinajstić information content (AvgIpc) is 3.23. The Morgan fingerprint density at radius 3 is 2.73 bits per heavy atom. The fraction of sp³-hybridized carbons (Fsp3) is 0.316. The Hall–Kier alpha value is -3.50. The standard InChI is InChI=1S/C19H19F3N6O2/c1-4-23-15-14-11(19(20,21)22)7-24-16(14)27-18(26-15)25-12-5-9-8-28(2)17(29)10(9)6-13(12)30-3/h5-7H,4,8H2,1-3H3,(H3,23,24,25,26,27). The summed E-state index contributed by atoms with van der Waals surface area (Å²) in [5, 5.41) is 5.74. The number of aromatic nitrogens is 3. The highest BCUT2D eigenvalue weighted by Gasteiger charge is 2.35. The van der Waals surface area contributed by atoms with Gasteiger partial charge in [0.25, 0.3) is 5.91 Å². The number of fused-ring (bicyclic) bond motifs is 2. The van der Waals surface area contributed by atoms with Gasteiger partial charge < -0.3 is 25.3 Å². The van der Waals surface area contributed by atoms with Crippen molar-refractivity contribution in [3.05, 3.63) is 35.0 Å². The number of ether oxygens (including phenoxy) is 1. The number of benzene rings is 1. The third-order valence-corrected chi connectivity index (χ3v) is 4.84. The Labute approximate surface area is 169 Å². The van der Waals surface area contributed by atoms with Crippen LogP contribution in [0.2, 0.25) is 0 Å². The van der Waals surface area contributed by atoms with Crippen molar-refractivity contribution < 1.29 is 22.7 Å². The van der Waals surface area contributed by atoms with Crippen molar-refractivity contribution in [1.29, 1.82) is 0 Å². The summed E-state index contributed by atoms with van der Waals surface area (Å²) in [4.78, 5) is 24.8. The van der Waals surface area contributed by atoms with Crippen LogP contribution in [0.25, 0.3) is 11.0 Å². The van der Waals surface area contributed by atoms with Gasteiger partial charge in [0.1, 0.15) is 17.2 Å². The molecule has 0 unspecified atom stereocenters. The number of alkyl halides is 3. The molecule has 2 aromatic heterocycles. The smallest absolute Gasteiger partial charge is 0.418 e. The first-order chi connectivity index (χ1) is 14.2. The van der Waals surface area contributed by atoms with Gasteiger partial charge in [0.2, 0.25) is 5.95 Å². The lowest BCUT2D eigenvalue weighted by Crippen LogP contribution is -2.17. The number of amides is 1. The minimum Gasteiger partial charge on any atom is -0.495 e. The van der Waals surface area contributed by atoms with E-state index in [1.54, 1.807) is 31.0 Å². The zero-order valence-electron chi connectivity index (χ0n) is 16.4. The number of nitrogens with one attached hydrogen (secondary N) is 3. The second-order valence-electron chi connectivity index (χ2n) is 6.85. The molecule has 0 fully saturated rings. The maximum Gasteiger partial charge on any atom is 0.418 e. The average molecular weight is 420 g/mol. The van der Waals surface area contributed by atoms with Gasteiger partial charge in [-0.3, -0.25) is 4.79 Å². The van der Waals surface area contributed by atoms with E-state index in [0.29, 0.717) is 30.1 Å². The Bertz CT molecular complexity index is 1140. The van der Waals surface area contributed by atoms with E-state index >= 15 is 0 Å². The number of carbonyl (C=O) groups is 1. The molecule has 11 heteroatoms. The normalized spacial score (nSPS) is 13.7. The van der Waals surface area contributed by atoms with Crippen molar-refractivity contribution in [2.24, 2.45) is 0 Å². The highest BCUT2D eigenvalue weighted by atomic mass is 19.4. The van der Waals surface area contributed by atoms with Crippen LogP contribution in [-0.2, 0) is 12.7 Å². The van der Waals surface area contributed by atoms with E-state index in [9.17, 15) is 18.0 Å². The number of hydrogen-bond acceptors (Lipinski definition) is 6. The first kappa shape index (κ1) is 19.8. The van der Waals surface area contributed by atoms with Crippen LogP contribution in [0.5, 0.6) is 5.75 Å². The quantitative estimate of drug-likeness (QED) is 0.582. The van der Waals surface area contributed by atoms with Crippen molar-refractivity contribution in [3.8, 4) is 5.75 Å². The van der Waals surface area contributed by atoms with Crippen LogP contribution in [0, 0.1) is 0 Å². The molecule has 0 saturated heterocycles. The summed E-state index contributed by atoms with van der Waals surface area (Å²) in [5.74, 6) is 0.445. The molecule has 8 nitrogen and oxygen atoms in total. The third kappa shape index (κ3) is 3.25. The molecule has 0 saturated carbocycles. The highest BCUT2D eigenvalue weighted by Crippen LogP contribution is 2.39. The van der Waals surface area contributed by atoms with Crippen molar-refractivity contribution in [2.45, 2.75) is 19.6 Å². The lowest BCUT2D eigenvalue weighted by atomic mass is 10.1. The number of carbonyl (C=O) groups excluding carboxylic acids is 1. The molecule has 3 heterocycles. The molecule has 158 valence electrons. The number of halogens is 3. The molecule has 3 aromatic rings. The second-order valence-corrected chi connectivity index (χ2v) is 6.85. The van der Waals surface area contributed by atoms with Crippen LogP contribution in [0.4, 0.5) is 30.6 Å². The summed E-state index contributed by atoms with van der Waals surface area (Å²) in [6.45, 7) is 2.59. The number of aromatic amines is 1. The van der Waals surface area contributed by atoms with Crippen LogP contribution in [0.3, 0.4) is 0 Å². The van der Waals surface area contributed by atoms with Gasteiger partial charge in [-0.25, -0.2) is 0 Å². The number of rotatable bonds is 5. The Morgan fingerprint density at radius 1 is 1.30 bits per heavy atom. The third-order valence-electron chi connectivity index (χ3n) is 4.84. The molecule has 30 heavy (non-hydrogen) atoms. The summed E-state index contributed by atoms with van der Waals surface area (Å²) in [6.07, 6.45) is -3.66. The van der Waals surface area contributed by atoms with Gasteiger partial charge in [0.15, 0.2) is 0 Å². The van der Waals surface area contributed by atoms with E-state index in [-0.39, 0.29) is 28.7 Å². The number of anilines is 3. The van der Waals surface area contributed by atoms with Gasteiger partial charge in [-0.05, 0) is 24.6 Å². The molecule has 4 rings (SSSR count). The lowest BCUT2D eigenvalue weighted by Gasteiger charge is -2.14. The van der Waals surface area contributed by atoms with Crippen LogP contribution >= 0.6 is 0 Å². The van der Waals surface area contributed by atoms with Gasteiger partial charge >= 0.3 is 6.18 Å². The number of H-pyrrole nitrogens is 1. The molecule has 0 bridgehead atoms. The lowest BCUT2D eigenvalue weighted by molar-refractivity contribution is -0.136. The summed E-state index contributed by atoms with van der Waals surface area (Å²) in [5.41, 5.74) is 1.06. The number of methoxy groups -OCH3 is 1. The summed E-state index contributed by atoms with van der Waals surface area (Å²) in [6, 6.07) is 3.38. The van der Waals surface area contributed by atoms with Crippen LogP contribution in [-0.4, -0.2) is 46.5 Å². The largest absolute Gasteiger partial charge is 0.495 e. The van der Waals surface area contributed by atoms with Crippen molar-refractivity contribution in [1.82, 2.24) is 19.9 Å². The van der Waals surface area contributed by atoms with Crippen LogP contribution in [0.1, 0.15) is 28.4 Å². The van der Waals surface area contributed by atoms with Crippen LogP contribution < -0.4 is 15.4 Å². The first-order valence-corrected chi connectivity index (χ1v) is 9.16. The Balaban J connectivity index is 1.78. The molecule has 0 radical (unpaired) electrons. The van der Waals surface area contributed by atoms with Crippen molar-refractivity contribution in [2.75, 3.05) is 31.3 Å². The maximum atomic E-state index is 13.3. The molecule has 1 aliphatic rings. The summed E-state index contributed by atoms with van der Waals surface area (Å²) < 4.78 is 45.4. The molecule has 3 N–H and O–H groups in total. The second kappa shape index (κ2) is 7.08. The van der Waals surface area contributed by atoms with E-state index in [1.165, 1.54) is 7.11 Å². The van der Waals surface area contributed by atoms with E-state index < -0.39 is 11.7 Å². The molecular weight excluding hydrogens is 401 g/mol. The molecule has 0 atom stereocenters. The van der Waals surface area contributed by atoms with Gasteiger partial charge in [-0.2, -0.15) is 23.1 Å². The van der Waals surface area contributed by atoms with E-state index in [4.69, 9.17) is 4.74 Å². The van der Waals surface area contributed by atoms with Gasteiger partial charge in [-0.15, -0.1) is 0 Å². The predicted molar refractivity (Wildman–Crippen MR) is 105 cm³/mol. The first-order valence-electron chi connectivity index (χ1n) is 9.16. The summed E-state index contributed by atoms with van der Waals surface area (Å²) >= 11 is 0. The SMILES string of the molecule is CCNc1nc(Nc2cc3c(cc2OC)C(=O)N(C)C3)nc2[nH]cc(C(F)(F)F)c12. The van der Waals surface area contributed by atoms with E-state index in [1.807, 2.05) is 0 Å². The maximum absolute atomic E-state index is 13.3. The van der Waals surface area contributed by atoms with E-state index in [0.717, 1.165) is 11.8 Å². The van der Waals surface area contributed by atoms with E-state index in [2.05, 4.69) is 25.6 Å². The summed E-state index contributed by atoms with van der Waals surface area (Å²) in [7, 11) is 3.16. The minimum atomic E-state index is -4.54. The number of hydrogen-bond donors (Lipinski definition) is 3. The molecule has 1 aromatic carbocycles. The van der Waals surface area contributed by atoms with Crippen LogP contribution in [0.15, 0.2) is 18.3 Å². The van der Waals surface area contributed by atoms with Crippen molar-refractivity contribution in [3.63, 3.8) is 0 Å². The Morgan fingerprint density at radius 2 is 2.07 bits per heavy atom. The topological polar surface area (TPSA) is 95.2 Å². The number of nitrogens with zero attached hydrogens (tertiary/aromatic N) is 3. The Kier molecular flexibility index (Phi) is 4.67. The van der Waals surface area contributed by atoms with Gasteiger partial charge in [-0.1, -0.05) is 0 Å². The van der Waals surface area contributed by atoms with Crippen molar-refractivity contribution >= 4 is 34.4 Å². The zero-order valence-corrected chi connectivity index (χ0v) is 16.4.